The molecule has 0 unspecified atom stereocenters. The van der Waals surface area contributed by atoms with Crippen molar-refractivity contribution in [2.24, 2.45) is 5.92 Å². The fraction of sp³-hybridized carbons (Fsp3) is 0.440. The van der Waals surface area contributed by atoms with Crippen LogP contribution in [0, 0.1) is 5.92 Å². The first-order chi connectivity index (χ1) is 15.7. The normalized spacial score (nSPS) is 18.0. The van der Waals surface area contributed by atoms with Crippen molar-refractivity contribution in [1.82, 2.24) is 10.6 Å². The van der Waals surface area contributed by atoms with Gasteiger partial charge in [0.05, 0.1) is 6.61 Å². The number of Topliss-reactive ketones (excluding diaryl/α,β-unsaturated/α-hetero) is 1. The average molecular weight is 499 g/mol. The third-order valence-electron chi connectivity index (χ3n) is 6.06. The third kappa shape index (κ3) is 6.96. The van der Waals surface area contributed by atoms with E-state index in [1.54, 1.807) is 12.1 Å². The summed E-state index contributed by atoms with van der Waals surface area (Å²) < 4.78 is 43.6. The lowest BCUT2D eigenvalue weighted by Crippen LogP contribution is -2.37. The molecule has 1 aliphatic rings. The lowest BCUT2D eigenvalue weighted by molar-refractivity contribution is -0.126. The summed E-state index contributed by atoms with van der Waals surface area (Å²) in [5, 5.41) is 6.27. The second-order valence-corrected chi connectivity index (χ2v) is 8.21. The van der Waals surface area contributed by atoms with Crippen molar-refractivity contribution < 1.29 is 27.5 Å². The molecule has 9 heteroatoms. The number of hydrogen-bond acceptors (Lipinski definition) is 4. The molecule has 0 aliphatic heterocycles. The first-order valence-corrected chi connectivity index (χ1v) is 11.2. The highest BCUT2D eigenvalue weighted by molar-refractivity contribution is 6.00. The Bertz CT molecular complexity index is 972. The molecule has 2 aromatic carbocycles. The van der Waals surface area contributed by atoms with E-state index in [9.17, 15) is 22.8 Å². The molecule has 0 atom stereocenters. The van der Waals surface area contributed by atoms with Gasteiger partial charge in [0.2, 0.25) is 5.91 Å². The minimum atomic E-state index is -4.90. The van der Waals surface area contributed by atoms with Crippen molar-refractivity contribution >= 4 is 24.1 Å². The van der Waals surface area contributed by atoms with E-state index < -0.39 is 17.5 Å². The van der Waals surface area contributed by atoms with Crippen molar-refractivity contribution in [3.8, 4) is 16.9 Å². The molecular weight excluding hydrogens is 469 g/mol. The van der Waals surface area contributed by atoms with E-state index in [-0.39, 0.29) is 24.2 Å². The number of carbonyl (C=O) groups is 2. The average Bonchev–Trinajstić information content (AvgIpc) is 2.82. The van der Waals surface area contributed by atoms with Gasteiger partial charge in [0.1, 0.15) is 5.75 Å². The molecule has 0 aromatic heterocycles. The Kier molecular flexibility index (Phi) is 9.94. The Hall–Kier alpha value is -2.58. The second-order valence-electron chi connectivity index (χ2n) is 8.21. The summed E-state index contributed by atoms with van der Waals surface area (Å²) in [5.41, 5.74) is 1.79. The standard InChI is InChI=1S/C25H29F3N2O3.ClH/c1-3-33-22-13-10-19(16-4-6-17(7-5-16)23(31)25(26,27)28)14-20(22)15-30-24(32)18-8-11-21(29-2)12-9-18;/h4-7,10,13-14,18,21,29H,3,8-9,11-12,15H2,1-2H3,(H,30,32);1H. The number of hydrogen-bond donors (Lipinski definition) is 2. The van der Waals surface area contributed by atoms with E-state index in [0.717, 1.165) is 36.8 Å². The van der Waals surface area contributed by atoms with Crippen LogP contribution in [0.3, 0.4) is 0 Å². The number of nitrogens with one attached hydrogen (secondary N) is 2. The van der Waals surface area contributed by atoms with E-state index >= 15 is 0 Å². The summed E-state index contributed by atoms with van der Waals surface area (Å²) in [6.45, 7) is 2.62. The van der Waals surface area contributed by atoms with Gasteiger partial charge in [-0.15, -0.1) is 12.4 Å². The van der Waals surface area contributed by atoms with E-state index in [0.29, 0.717) is 30.5 Å². The predicted octanol–water partition coefficient (Wildman–Crippen LogP) is 5.31. The summed E-state index contributed by atoms with van der Waals surface area (Å²) in [7, 11) is 1.94. The van der Waals surface area contributed by atoms with Crippen LogP contribution < -0.4 is 15.4 Å². The van der Waals surface area contributed by atoms with Crippen molar-refractivity contribution in [3.63, 3.8) is 0 Å². The monoisotopic (exact) mass is 498 g/mol. The SMILES string of the molecule is CCOc1ccc(-c2ccc(C(=O)C(F)(F)F)cc2)cc1CNC(=O)C1CCC(NC)CC1.Cl. The predicted molar refractivity (Wildman–Crippen MR) is 127 cm³/mol. The Morgan fingerprint density at radius 2 is 1.62 bits per heavy atom. The summed E-state index contributed by atoms with van der Waals surface area (Å²) >= 11 is 0. The number of ether oxygens (including phenoxy) is 1. The van der Waals surface area contributed by atoms with Crippen molar-refractivity contribution in [2.45, 2.75) is 51.4 Å². The van der Waals surface area contributed by atoms with Gasteiger partial charge in [0, 0.05) is 29.6 Å². The highest BCUT2D eigenvalue weighted by Gasteiger charge is 2.39. The molecule has 2 aromatic rings. The largest absolute Gasteiger partial charge is 0.494 e. The molecule has 1 fully saturated rings. The molecule has 186 valence electrons. The van der Waals surface area contributed by atoms with Crippen LogP contribution in [-0.2, 0) is 11.3 Å². The quantitative estimate of drug-likeness (QED) is 0.484. The Labute approximate surface area is 203 Å². The van der Waals surface area contributed by atoms with E-state index in [1.807, 2.05) is 20.0 Å². The van der Waals surface area contributed by atoms with Crippen molar-refractivity contribution in [3.05, 3.63) is 53.6 Å². The maximum absolute atomic E-state index is 12.7. The molecular formula is C25H30ClF3N2O3. The number of ketones is 1. The van der Waals surface area contributed by atoms with Gasteiger partial charge in [-0.1, -0.05) is 30.3 Å². The van der Waals surface area contributed by atoms with E-state index in [1.165, 1.54) is 24.3 Å². The van der Waals surface area contributed by atoms with Gasteiger partial charge in [-0.2, -0.15) is 13.2 Å². The van der Waals surface area contributed by atoms with Gasteiger partial charge in [-0.25, -0.2) is 0 Å². The maximum Gasteiger partial charge on any atom is 0.454 e. The molecule has 2 N–H and O–H groups in total. The molecule has 0 saturated heterocycles. The molecule has 34 heavy (non-hydrogen) atoms. The van der Waals surface area contributed by atoms with E-state index in [2.05, 4.69) is 10.6 Å². The number of halogens is 4. The van der Waals surface area contributed by atoms with Gasteiger partial charge in [-0.3, -0.25) is 9.59 Å². The highest BCUT2D eigenvalue weighted by atomic mass is 35.5. The first-order valence-electron chi connectivity index (χ1n) is 11.2. The van der Waals surface area contributed by atoms with Crippen LogP contribution in [-0.4, -0.2) is 37.6 Å². The first kappa shape index (κ1) is 27.7. The van der Waals surface area contributed by atoms with Crippen LogP contribution in [0.15, 0.2) is 42.5 Å². The third-order valence-corrected chi connectivity index (χ3v) is 6.06. The zero-order valence-corrected chi connectivity index (χ0v) is 20.0. The number of carbonyl (C=O) groups excluding carboxylic acids is 2. The van der Waals surface area contributed by atoms with Gasteiger partial charge >= 0.3 is 6.18 Å². The van der Waals surface area contributed by atoms with Gasteiger partial charge in [0.15, 0.2) is 0 Å². The Balaban J connectivity index is 0.00000408. The van der Waals surface area contributed by atoms with E-state index in [4.69, 9.17) is 4.74 Å². The lowest BCUT2D eigenvalue weighted by Gasteiger charge is -2.27. The maximum atomic E-state index is 12.7. The van der Waals surface area contributed by atoms with Gasteiger partial charge in [-0.05, 0) is 62.9 Å². The summed E-state index contributed by atoms with van der Waals surface area (Å²) in [4.78, 5) is 24.1. The minimum Gasteiger partial charge on any atom is -0.494 e. The molecule has 0 spiro atoms. The van der Waals surface area contributed by atoms with Crippen molar-refractivity contribution in [2.75, 3.05) is 13.7 Å². The van der Waals surface area contributed by atoms with Crippen LogP contribution in [0.25, 0.3) is 11.1 Å². The van der Waals surface area contributed by atoms with Crippen LogP contribution in [0.4, 0.5) is 13.2 Å². The summed E-state index contributed by atoms with van der Waals surface area (Å²) in [6.07, 6.45) is -1.27. The number of amides is 1. The minimum absolute atomic E-state index is 0. The lowest BCUT2D eigenvalue weighted by atomic mass is 9.85. The molecule has 5 nitrogen and oxygen atoms in total. The molecule has 1 amide bonds. The zero-order chi connectivity index (χ0) is 24.0. The summed E-state index contributed by atoms with van der Waals surface area (Å²) in [5.74, 6) is -1.21. The van der Waals surface area contributed by atoms with Crippen LogP contribution in [0.2, 0.25) is 0 Å². The molecule has 3 rings (SSSR count). The molecule has 0 heterocycles. The Morgan fingerprint density at radius 1 is 1.00 bits per heavy atom. The molecule has 1 aliphatic carbocycles. The van der Waals surface area contributed by atoms with Crippen LogP contribution >= 0.6 is 12.4 Å². The molecule has 0 radical (unpaired) electrons. The number of alkyl halides is 3. The topological polar surface area (TPSA) is 67.4 Å². The zero-order valence-electron chi connectivity index (χ0n) is 19.2. The number of benzene rings is 2. The Morgan fingerprint density at radius 3 is 2.18 bits per heavy atom. The molecule has 1 saturated carbocycles. The molecule has 0 bridgehead atoms. The van der Waals surface area contributed by atoms with Crippen LogP contribution in [0.5, 0.6) is 5.75 Å². The summed E-state index contributed by atoms with van der Waals surface area (Å²) in [6, 6.07) is 11.2. The number of rotatable bonds is 8. The van der Waals surface area contributed by atoms with Gasteiger partial charge < -0.3 is 15.4 Å². The fourth-order valence-electron chi connectivity index (χ4n) is 4.14. The van der Waals surface area contributed by atoms with Crippen LogP contribution in [0.1, 0.15) is 48.5 Å². The fourth-order valence-corrected chi connectivity index (χ4v) is 4.14. The highest BCUT2D eigenvalue weighted by Crippen LogP contribution is 2.29. The smallest absolute Gasteiger partial charge is 0.454 e. The second kappa shape index (κ2) is 12.2. The van der Waals surface area contributed by atoms with Gasteiger partial charge in [0.25, 0.3) is 5.78 Å². The van der Waals surface area contributed by atoms with Crippen molar-refractivity contribution in [1.29, 1.82) is 0 Å².